The summed E-state index contributed by atoms with van der Waals surface area (Å²) in [5, 5.41) is 4.09. The van der Waals surface area contributed by atoms with E-state index in [1.165, 1.54) is 0 Å². The number of rotatable bonds is 0. The third-order valence-electron chi connectivity index (χ3n) is 1.50. The fourth-order valence-corrected chi connectivity index (χ4v) is 1.04. The first-order valence-corrected chi connectivity index (χ1v) is 4.03. The summed E-state index contributed by atoms with van der Waals surface area (Å²) in [6, 6.07) is 0. The van der Waals surface area contributed by atoms with Gasteiger partial charge in [0.2, 0.25) is 5.88 Å². The van der Waals surface area contributed by atoms with Crippen LogP contribution >= 0.6 is 0 Å². The largest absolute Gasteiger partial charge is 0.476 e. The van der Waals surface area contributed by atoms with Crippen molar-refractivity contribution in [1.82, 2.24) is 9.78 Å². The zero-order valence-corrected chi connectivity index (χ0v) is 7.29. The van der Waals surface area contributed by atoms with Crippen LogP contribution in [0.5, 0.6) is 5.88 Å². The number of aryl methyl sites for hydroxylation is 1. The van der Waals surface area contributed by atoms with E-state index in [-0.39, 0.29) is 0 Å². The van der Waals surface area contributed by atoms with E-state index >= 15 is 0 Å². The molecule has 0 radical (unpaired) electrons. The zero-order valence-electron chi connectivity index (χ0n) is 7.29. The van der Waals surface area contributed by atoms with Crippen molar-refractivity contribution in [3.8, 4) is 5.88 Å². The number of fused-ring (bicyclic) bond motifs is 1. The third kappa shape index (κ3) is 1.37. The average Bonchev–Trinajstić information content (AvgIpc) is 2.60. The maximum Gasteiger partial charge on any atom is 0.214 e. The Labute approximate surface area is 67.0 Å². The van der Waals surface area contributed by atoms with Crippen molar-refractivity contribution in [3.63, 3.8) is 0 Å². The molecule has 1 aromatic heterocycles. The maximum absolute atomic E-state index is 5.27. The van der Waals surface area contributed by atoms with Gasteiger partial charge in [0.05, 0.1) is 12.7 Å². The number of hydrogen-bond acceptors (Lipinski definition) is 2. The van der Waals surface area contributed by atoms with Gasteiger partial charge in [0.1, 0.15) is 6.61 Å². The predicted molar refractivity (Wildman–Crippen MR) is 43.8 cm³/mol. The molecule has 11 heavy (non-hydrogen) atoms. The zero-order chi connectivity index (χ0) is 8.27. The Morgan fingerprint density at radius 2 is 2.27 bits per heavy atom. The monoisotopic (exact) mass is 154 g/mol. The van der Waals surface area contributed by atoms with Gasteiger partial charge in [-0.2, -0.15) is 5.10 Å². The highest BCUT2D eigenvalue weighted by Gasteiger charge is 2.13. The average molecular weight is 154 g/mol. The Morgan fingerprint density at radius 3 is 2.91 bits per heavy atom. The van der Waals surface area contributed by atoms with Crippen LogP contribution in [-0.4, -0.2) is 16.4 Å². The molecule has 0 N–H and O–H groups in total. The minimum atomic E-state index is 0.782. The van der Waals surface area contributed by atoms with Crippen LogP contribution in [0.3, 0.4) is 0 Å². The summed E-state index contributed by atoms with van der Waals surface area (Å²) in [5.41, 5.74) is 1.13. The summed E-state index contributed by atoms with van der Waals surface area (Å²) < 4.78 is 7.15. The molecule has 62 valence electrons. The van der Waals surface area contributed by atoms with Gasteiger partial charge in [-0.25, -0.2) is 4.68 Å². The van der Waals surface area contributed by atoms with Crippen molar-refractivity contribution in [3.05, 3.63) is 11.8 Å². The third-order valence-corrected chi connectivity index (χ3v) is 1.50. The van der Waals surface area contributed by atoms with Gasteiger partial charge in [-0.3, -0.25) is 0 Å². The van der Waals surface area contributed by atoms with E-state index < -0.39 is 0 Å². The summed E-state index contributed by atoms with van der Waals surface area (Å²) >= 11 is 0. The molecular weight excluding hydrogens is 140 g/mol. The van der Waals surface area contributed by atoms with E-state index in [1.54, 1.807) is 0 Å². The lowest BCUT2D eigenvalue weighted by molar-refractivity contribution is 0.354. The first-order valence-electron chi connectivity index (χ1n) is 4.03. The molecule has 0 bridgehead atoms. The van der Waals surface area contributed by atoms with Gasteiger partial charge in [-0.1, -0.05) is 13.8 Å². The van der Waals surface area contributed by atoms with Gasteiger partial charge >= 0.3 is 0 Å². The molecule has 0 saturated carbocycles. The number of hydrogen-bond donors (Lipinski definition) is 0. The molecule has 0 atom stereocenters. The van der Waals surface area contributed by atoms with Crippen LogP contribution in [0.25, 0.3) is 0 Å². The molecule has 0 fully saturated rings. The van der Waals surface area contributed by atoms with Crippen LogP contribution in [0.15, 0.2) is 6.20 Å². The molecule has 1 aromatic rings. The molecule has 0 aromatic carbocycles. The Morgan fingerprint density at radius 1 is 1.55 bits per heavy atom. The maximum atomic E-state index is 5.27. The summed E-state index contributed by atoms with van der Waals surface area (Å²) in [6.45, 7) is 7.69. The summed E-state index contributed by atoms with van der Waals surface area (Å²) in [5.74, 6) is 0.940. The lowest BCUT2D eigenvalue weighted by Gasteiger charge is -1.90. The predicted octanol–water partition coefficient (Wildman–Crippen LogP) is 1.61. The number of nitrogens with zero attached hydrogens (tertiary/aromatic N) is 2. The summed E-state index contributed by atoms with van der Waals surface area (Å²) in [4.78, 5) is 0. The quantitative estimate of drug-likeness (QED) is 0.567. The van der Waals surface area contributed by atoms with Crippen LogP contribution in [0.1, 0.15) is 19.4 Å². The molecule has 2 heterocycles. The van der Waals surface area contributed by atoms with Gasteiger partial charge in [0.25, 0.3) is 0 Å². The van der Waals surface area contributed by atoms with Gasteiger partial charge in [0, 0.05) is 5.56 Å². The molecule has 0 aliphatic carbocycles. The van der Waals surface area contributed by atoms with Gasteiger partial charge in [-0.05, 0) is 6.92 Å². The molecule has 3 heteroatoms. The molecule has 2 rings (SSSR count). The molecule has 0 unspecified atom stereocenters. The molecule has 0 saturated heterocycles. The van der Waals surface area contributed by atoms with E-state index in [0.29, 0.717) is 0 Å². The smallest absolute Gasteiger partial charge is 0.214 e. The second kappa shape index (κ2) is 3.42. The van der Waals surface area contributed by atoms with E-state index in [9.17, 15) is 0 Å². The Bertz CT molecular complexity index is 230. The van der Waals surface area contributed by atoms with Crippen molar-refractivity contribution in [2.24, 2.45) is 0 Å². The lowest BCUT2D eigenvalue weighted by Crippen LogP contribution is -1.93. The Kier molecular flexibility index (Phi) is 2.52. The molecule has 0 amide bonds. The number of ether oxygens (including phenoxy) is 1. The van der Waals surface area contributed by atoms with E-state index in [4.69, 9.17) is 4.74 Å². The van der Waals surface area contributed by atoms with E-state index in [2.05, 4.69) is 5.10 Å². The fraction of sp³-hybridized carbons (Fsp3) is 0.625. The molecular formula is C8H14N2O. The van der Waals surface area contributed by atoms with E-state index in [1.807, 2.05) is 31.6 Å². The SMILES string of the molecule is CC.Cc1cnn2c1OCC2. The highest BCUT2D eigenvalue weighted by atomic mass is 16.5. The van der Waals surface area contributed by atoms with Crippen molar-refractivity contribution >= 4 is 0 Å². The minimum absolute atomic E-state index is 0.782. The van der Waals surface area contributed by atoms with Crippen molar-refractivity contribution in [1.29, 1.82) is 0 Å². The van der Waals surface area contributed by atoms with Gasteiger partial charge in [0.15, 0.2) is 0 Å². The minimum Gasteiger partial charge on any atom is -0.476 e. The number of aromatic nitrogens is 2. The van der Waals surface area contributed by atoms with Crippen LogP contribution < -0.4 is 4.74 Å². The Hall–Kier alpha value is -0.990. The molecule has 3 nitrogen and oxygen atoms in total. The molecule has 0 spiro atoms. The van der Waals surface area contributed by atoms with Crippen molar-refractivity contribution in [2.75, 3.05) is 6.61 Å². The van der Waals surface area contributed by atoms with Crippen LogP contribution in [-0.2, 0) is 6.54 Å². The first kappa shape index (κ1) is 8.11. The van der Waals surface area contributed by atoms with E-state index in [0.717, 1.165) is 24.6 Å². The molecule has 1 aliphatic rings. The normalized spacial score (nSPS) is 13.0. The topological polar surface area (TPSA) is 27.1 Å². The second-order valence-electron chi connectivity index (χ2n) is 2.20. The summed E-state index contributed by atoms with van der Waals surface area (Å²) in [6.07, 6.45) is 1.83. The second-order valence-corrected chi connectivity index (χ2v) is 2.20. The Balaban J connectivity index is 0.000000281. The van der Waals surface area contributed by atoms with Crippen LogP contribution in [0.2, 0.25) is 0 Å². The first-order chi connectivity index (χ1) is 5.38. The fourth-order valence-electron chi connectivity index (χ4n) is 1.04. The van der Waals surface area contributed by atoms with Crippen molar-refractivity contribution < 1.29 is 4.74 Å². The highest BCUT2D eigenvalue weighted by molar-refractivity contribution is 5.23. The molecule has 1 aliphatic heterocycles. The van der Waals surface area contributed by atoms with Crippen LogP contribution in [0.4, 0.5) is 0 Å². The highest BCUT2D eigenvalue weighted by Crippen LogP contribution is 2.20. The standard InChI is InChI=1S/C6H8N2O.C2H6/c1-5-4-7-8-2-3-9-6(5)8;1-2/h4H,2-3H2,1H3;1-2H3. The van der Waals surface area contributed by atoms with Crippen LogP contribution in [0, 0.1) is 6.92 Å². The van der Waals surface area contributed by atoms with Crippen molar-refractivity contribution in [2.45, 2.75) is 27.3 Å². The lowest BCUT2D eigenvalue weighted by atomic mass is 10.4. The van der Waals surface area contributed by atoms with Gasteiger partial charge in [-0.15, -0.1) is 0 Å². The van der Waals surface area contributed by atoms with Gasteiger partial charge < -0.3 is 4.74 Å². The summed E-state index contributed by atoms with van der Waals surface area (Å²) in [7, 11) is 0.